The van der Waals surface area contributed by atoms with Gasteiger partial charge in [-0.15, -0.1) is 0 Å². The van der Waals surface area contributed by atoms with Crippen molar-refractivity contribution in [2.45, 2.75) is 95.7 Å². The molecule has 0 N–H and O–H groups in total. The third-order valence-corrected chi connectivity index (χ3v) is 5.42. The van der Waals surface area contributed by atoms with E-state index in [2.05, 4.69) is 6.92 Å². The molecule has 2 saturated carbocycles. The molecule has 4 atom stereocenters. The predicted molar refractivity (Wildman–Crippen MR) is 86.6 cm³/mol. The Bertz CT molecular complexity index is 266. The van der Waals surface area contributed by atoms with Crippen molar-refractivity contribution in [3.05, 3.63) is 6.92 Å². The lowest BCUT2D eigenvalue weighted by Gasteiger charge is -2.25. The van der Waals surface area contributed by atoms with Crippen LogP contribution in [-0.2, 0) is 9.84 Å². The monoisotopic (exact) mass is 294 g/mol. The summed E-state index contributed by atoms with van der Waals surface area (Å²) in [7, 11) is 0. The molecule has 2 heteroatoms. The van der Waals surface area contributed by atoms with E-state index in [9.17, 15) is 5.11 Å². The first kappa shape index (κ1) is 17.3. The third-order valence-electron chi connectivity index (χ3n) is 5.42. The summed E-state index contributed by atoms with van der Waals surface area (Å²) in [4.78, 5) is 0. The molecule has 0 aromatic heterocycles. The number of fused-ring (bicyclic) bond motifs is 2. The zero-order chi connectivity index (χ0) is 14.9. The third kappa shape index (κ3) is 5.90. The molecule has 0 spiro atoms. The van der Waals surface area contributed by atoms with Gasteiger partial charge >= 0.3 is 0 Å². The van der Waals surface area contributed by atoms with Crippen molar-refractivity contribution in [2.24, 2.45) is 11.8 Å². The zero-order valence-corrected chi connectivity index (χ0v) is 13.7. The maximum Gasteiger partial charge on any atom is 0.0985 e. The fourth-order valence-corrected chi connectivity index (χ4v) is 4.17. The van der Waals surface area contributed by atoms with Crippen molar-refractivity contribution in [3.63, 3.8) is 0 Å². The van der Waals surface area contributed by atoms with Crippen molar-refractivity contribution < 1.29 is 9.84 Å². The molecular weight excluding hydrogens is 260 g/mol. The summed E-state index contributed by atoms with van der Waals surface area (Å²) in [6.45, 7) is 4.76. The molecule has 122 valence electrons. The zero-order valence-electron chi connectivity index (χ0n) is 13.7. The van der Waals surface area contributed by atoms with Gasteiger partial charge in [0.1, 0.15) is 0 Å². The average Bonchev–Trinajstić information content (AvgIpc) is 3.03. The van der Waals surface area contributed by atoms with Crippen molar-refractivity contribution in [3.8, 4) is 0 Å². The number of hydrogen-bond donors (Lipinski definition) is 0. The van der Waals surface area contributed by atoms with Crippen LogP contribution in [0.2, 0.25) is 0 Å². The number of unbranched alkanes of at least 4 members (excludes halogenated alkanes) is 9. The first-order chi connectivity index (χ1) is 10.3. The van der Waals surface area contributed by atoms with E-state index in [1.165, 1.54) is 57.8 Å². The summed E-state index contributed by atoms with van der Waals surface area (Å²) < 4.78 is 5.97. The Hall–Kier alpha value is -0.0800. The Labute approximate surface area is 131 Å². The van der Waals surface area contributed by atoms with Crippen LogP contribution in [-0.4, -0.2) is 18.8 Å². The van der Waals surface area contributed by atoms with E-state index < -0.39 is 0 Å². The fourth-order valence-electron chi connectivity index (χ4n) is 4.17. The molecule has 4 unspecified atom stereocenters. The molecule has 0 amide bonds. The lowest BCUT2D eigenvalue weighted by molar-refractivity contribution is -0.0551. The van der Waals surface area contributed by atoms with Crippen LogP contribution in [0.4, 0.5) is 0 Å². The standard InChI is InChI=1S/C19H34O2/c1-2-3-4-5-6-7-8-9-10-11-12-21-19-15-16-13-17(19)18(20)14-16/h16-19H,1-15H2. The molecule has 2 aliphatic carbocycles. The highest BCUT2D eigenvalue weighted by Crippen LogP contribution is 2.46. The van der Waals surface area contributed by atoms with Gasteiger partial charge in [0.15, 0.2) is 0 Å². The molecule has 2 aliphatic rings. The second-order valence-electron chi connectivity index (χ2n) is 7.22. The summed E-state index contributed by atoms with van der Waals surface area (Å²) in [5.41, 5.74) is 0. The van der Waals surface area contributed by atoms with Gasteiger partial charge in [-0.2, -0.15) is 0 Å². The molecule has 2 radical (unpaired) electrons. The van der Waals surface area contributed by atoms with Crippen LogP contribution < -0.4 is 0 Å². The number of ether oxygens (including phenoxy) is 1. The summed E-state index contributed by atoms with van der Waals surface area (Å²) in [5.74, 6) is 1.03. The van der Waals surface area contributed by atoms with Gasteiger partial charge in [0.25, 0.3) is 0 Å². The lowest BCUT2D eigenvalue weighted by Crippen LogP contribution is -2.30. The lowest BCUT2D eigenvalue weighted by atomic mass is 9.95. The van der Waals surface area contributed by atoms with Gasteiger partial charge in [0.2, 0.25) is 0 Å². The van der Waals surface area contributed by atoms with E-state index in [-0.39, 0.29) is 6.10 Å². The van der Waals surface area contributed by atoms with E-state index in [0.717, 1.165) is 32.3 Å². The van der Waals surface area contributed by atoms with Gasteiger partial charge < -0.3 is 4.74 Å². The molecule has 0 aromatic rings. The molecule has 2 nitrogen and oxygen atoms in total. The minimum atomic E-state index is -0.322. The summed E-state index contributed by atoms with van der Waals surface area (Å²) in [5, 5.41) is 11.7. The van der Waals surface area contributed by atoms with E-state index in [4.69, 9.17) is 4.74 Å². The topological polar surface area (TPSA) is 29.1 Å². The van der Waals surface area contributed by atoms with E-state index >= 15 is 0 Å². The highest BCUT2D eigenvalue weighted by atomic mass is 16.5. The SMILES string of the molecule is [CH2]CCCCCCCCCCCOC1CC2CC([O])C1C2. The van der Waals surface area contributed by atoms with Crippen molar-refractivity contribution in [1.82, 2.24) is 0 Å². The van der Waals surface area contributed by atoms with Crippen LogP contribution in [0.15, 0.2) is 0 Å². The van der Waals surface area contributed by atoms with Crippen LogP contribution >= 0.6 is 0 Å². The summed E-state index contributed by atoms with van der Waals surface area (Å²) in [6.07, 6.45) is 16.3. The van der Waals surface area contributed by atoms with Crippen LogP contribution in [0.5, 0.6) is 0 Å². The summed E-state index contributed by atoms with van der Waals surface area (Å²) in [6, 6.07) is 0. The van der Waals surface area contributed by atoms with Gasteiger partial charge in [-0.1, -0.05) is 64.7 Å². The smallest absolute Gasteiger partial charge is 0.0985 e. The predicted octanol–water partition coefficient (Wildman–Crippen LogP) is 5.34. The van der Waals surface area contributed by atoms with Crippen molar-refractivity contribution in [1.29, 1.82) is 0 Å². The first-order valence-corrected chi connectivity index (χ1v) is 9.38. The van der Waals surface area contributed by atoms with Crippen LogP contribution in [0.3, 0.4) is 0 Å². The van der Waals surface area contributed by atoms with E-state index in [0.29, 0.717) is 17.9 Å². The van der Waals surface area contributed by atoms with Gasteiger partial charge in [0, 0.05) is 12.5 Å². The average molecular weight is 294 g/mol. The minimum Gasteiger partial charge on any atom is -0.378 e. The Kier molecular flexibility index (Phi) is 8.10. The van der Waals surface area contributed by atoms with Gasteiger partial charge in [-0.3, -0.25) is 0 Å². The Morgan fingerprint density at radius 2 is 1.43 bits per heavy atom. The van der Waals surface area contributed by atoms with Crippen LogP contribution in [0.1, 0.15) is 83.5 Å². The maximum absolute atomic E-state index is 11.7. The molecule has 21 heavy (non-hydrogen) atoms. The van der Waals surface area contributed by atoms with Gasteiger partial charge in [-0.05, 0) is 31.6 Å². The molecule has 0 aliphatic heterocycles. The fraction of sp³-hybridized carbons (Fsp3) is 0.947. The molecule has 2 fully saturated rings. The summed E-state index contributed by atoms with van der Waals surface area (Å²) >= 11 is 0. The maximum atomic E-state index is 11.7. The first-order valence-electron chi connectivity index (χ1n) is 9.38. The highest BCUT2D eigenvalue weighted by molar-refractivity contribution is 4.96. The van der Waals surface area contributed by atoms with E-state index in [1.54, 1.807) is 0 Å². The second kappa shape index (κ2) is 9.84. The molecule has 0 saturated heterocycles. The number of hydrogen-bond acceptors (Lipinski definition) is 1. The Balaban J connectivity index is 1.35. The van der Waals surface area contributed by atoms with Crippen LogP contribution in [0.25, 0.3) is 0 Å². The Morgan fingerprint density at radius 1 is 0.810 bits per heavy atom. The second-order valence-corrected chi connectivity index (χ2v) is 7.22. The van der Waals surface area contributed by atoms with Gasteiger partial charge in [0.05, 0.1) is 12.2 Å². The van der Waals surface area contributed by atoms with Crippen molar-refractivity contribution >= 4 is 0 Å². The molecule has 0 heterocycles. The normalized spacial score (nSPS) is 31.1. The molecular formula is C19H34O2. The molecule has 2 rings (SSSR count). The van der Waals surface area contributed by atoms with Gasteiger partial charge in [-0.25, -0.2) is 5.11 Å². The van der Waals surface area contributed by atoms with Crippen LogP contribution in [0, 0.1) is 18.8 Å². The largest absolute Gasteiger partial charge is 0.378 e. The molecule has 2 bridgehead atoms. The van der Waals surface area contributed by atoms with Crippen molar-refractivity contribution in [2.75, 3.05) is 6.61 Å². The highest BCUT2D eigenvalue weighted by Gasteiger charge is 2.46. The van der Waals surface area contributed by atoms with E-state index in [1.807, 2.05) is 0 Å². The Morgan fingerprint density at radius 3 is 2.00 bits per heavy atom. The quantitative estimate of drug-likeness (QED) is 0.447. The molecule has 0 aromatic carbocycles. The minimum absolute atomic E-state index is 0.305. The number of rotatable bonds is 12.